The van der Waals surface area contributed by atoms with Crippen LogP contribution in [0, 0.1) is 0 Å². The average Bonchev–Trinajstić information content (AvgIpc) is 2.02. The minimum Gasteiger partial charge on any atom is -0.276 e. The van der Waals surface area contributed by atoms with Crippen LogP contribution in [-0.4, -0.2) is 13.3 Å². The topological polar surface area (TPSA) is 17.1 Å². The third-order valence-corrected chi connectivity index (χ3v) is 5.44. The maximum absolute atomic E-state index is 11.3. The first-order chi connectivity index (χ1) is 6.34. The second kappa shape index (κ2) is 5.71. The van der Waals surface area contributed by atoms with Gasteiger partial charge in [0.1, 0.15) is 0 Å². The molecule has 0 N–H and O–H groups in total. The molecule has 0 amide bonds. The predicted octanol–water partition coefficient (Wildman–Crippen LogP) is 4.21. The van der Waals surface area contributed by atoms with Crippen LogP contribution in [0.5, 0.6) is 0 Å². The molecule has 0 aromatic carbocycles. The van der Waals surface area contributed by atoms with Crippen LogP contribution in [0.2, 0.25) is 25.2 Å². The molecule has 0 heterocycles. The van der Waals surface area contributed by atoms with Gasteiger partial charge in [0.25, 0.3) is 0 Å². The number of carbonyl (C=O) groups is 1. The first-order valence-electron chi connectivity index (χ1n) is 5.20. The lowest BCUT2D eigenvalue weighted by molar-refractivity contribution is -0.108. The van der Waals surface area contributed by atoms with Crippen LogP contribution in [0.1, 0.15) is 26.7 Å². The third-order valence-electron chi connectivity index (χ3n) is 2.54. The zero-order valence-corrected chi connectivity index (χ0v) is 11.6. The number of rotatable bonds is 5. The van der Waals surface area contributed by atoms with Crippen molar-refractivity contribution < 1.29 is 4.79 Å². The summed E-state index contributed by atoms with van der Waals surface area (Å²) in [7, 11) is -1.33. The van der Waals surface area contributed by atoms with Crippen LogP contribution in [-0.2, 0) is 4.79 Å². The molecule has 0 spiro atoms. The molecule has 14 heavy (non-hydrogen) atoms. The Hall–Kier alpha value is -0.0831. The summed E-state index contributed by atoms with van der Waals surface area (Å²) in [5, 5.41) is -0.270. The molecule has 1 atom stereocenters. The monoisotopic (exact) mass is 232 g/mol. The maximum atomic E-state index is 11.3. The number of hydrogen-bond donors (Lipinski definition) is 0. The Bertz CT molecular complexity index is 228. The minimum absolute atomic E-state index is 0.270. The number of allylic oxidation sites excluding steroid dienone is 2. The highest BCUT2D eigenvalue weighted by Crippen LogP contribution is 2.35. The molecule has 0 radical (unpaired) electrons. The first kappa shape index (κ1) is 13.9. The highest BCUT2D eigenvalue weighted by Gasteiger charge is 2.31. The van der Waals surface area contributed by atoms with E-state index < -0.39 is 8.07 Å². The second-order valence-electron chi connectivity index (χ2n) is 4.73. The molecule has 0 saturated carbocycles. The molecule has 82 valence electrons. The summed E-state index contributed by atoms with van der Waals surface area (Å²) in [6.07, 6.45) is 4.07. The molecular formula is C11H21ClOSi. The van der Waals surface area contributed by atoms with Gasteiger partial charge in [-0.15, -0.1) is 0 Å². The lowest BCUT2D eigenvalue weighted by Crippen LogP contribution is -2.31. The maximum Gasteiger partial charge on any atom is 0.248 e. The van der Waals surface area contributed by atoms with E-state index in [4.69, 9.17) is 11.6 Å². The number of carbonyl (C=O) groups excluding carboxylic acids is 1. The quantitative estimate of drug-likeness (QED) is 0.394. The van der Waals surface area contributed by atoms with Crippen LogP contribution in [0.3, 0.4) is 0 Å². The SMILES string of the molecule is C/C=C(/C(=O)Cl)C(CCC)[Si](C)(C)C. The van der Waals surface area contributed by atoms with Gasteiger partial charge in [0.05, 0.1) is 8.07 Å². The van der Waals surface area contributed by atoms with Crippen molar-refractivity contribution in [3.05, 3.63) is 11.6 Å². The van der Waals surface area contributed by atoms with Crippen molar-refractivity contribution in [2.45, 2.75) is 51.9 Å². The molecule has 3 heteroatoms. The fraction of sp³-hybridized carbons (Fsp3) is 0.727. The average molecular weight is 233 g/mol. The largest absolute Gasteiger partial charge is 0.276 e. The summed E-state index contributed by atoms with van der Waals surface area (Å²) in [6.45, 7) is 10.9. The van der Waals surface area contributed by atoms with Crippen LogP contribution in [0.15, 0.2) is 11.6 Å². The molecular weight excluding hydrogens is 212 g/mol. The highest BCUT2D eigenvalue weighted by atomic mass is 35.5. The summed E-state index contributed by atoms with van der Waals surface area (Å²) in [6, 6.07) is 0. The van der Waals surface area contributed by atoms with E-state index in [0.29, 0.717) is 5.54 Å². The second-order valence-corrected chi connectivity index (χ2v) is 10.5. The normalized spacial score (nSPS) is 15.4. The van der Waals surface area contributed by atoms with Gasteiger partial charge in [-0.3, -0.25) is 4.79 Å². The van der Waals surface area contributed by atoms with Crippen molar-refractivity contribution in [1.82, 2.24) is 0 Å². The Morgan fingerprint density at radius 1 is 1.43 bits per heavy atom. The van der Waals surface area contributed by atoms with Gasteiger partial charge in [0.15, 0.2) is 0 Å². The fourth-order valence-electron chi connectivity index (χ4n) is 1.80. The van der Waals surface area contributed by atoms with Gasteiger partial charge in [0.2, 0.25) is 5.24 Å². The van der Waals surface area contributed by atoms with Crippen molar-refractivity contribution in [1.29, 1.82) is 0 Å². The lowest BCUT2D eigenvalue weighted by atomic mass is 10.1. The van der Waals surface area contributed by atoms with E-state index in [9.17, 15) is 4.79 Å². The molecule has 0 saturated heterocycles. The van der Waals surface area contributed by atoms with Crippen LogP contribution in [0.4, 0.5) is 0 Å². The Morgan fingerprint density at radius 2 is 1.93 bits per heavy atom. The van der Waals surface area contributed by atoms with Crippen molar-refractivity contribution in [2.75, 3.05) is 0 Å². The summed E-state index contributed by atoms with van der Waals surface area (Å²) < 4.78 is 0. The highest BCUT2D eigenvalue weighted by molar-refractivity contribution is 6.80. The van der Waals surface area contributed by atoms with E-state index in [1.807, 2.05) is 13.0 Å². The fourth-order valence-corrected chi connectivity index (χ4v) is 4.51. The Kier molecular flexibility index (Phi) is 5.68. The summed E-state index contributed by atoms with van der Waals surface area (Å²) in [4.78, 5) is 11.3. The molecule has 0 aromatic rings. The molecule has 0 rings (SSSR count). The van der Waals surface area contributed by atoms with Crippen molar-refractivity contribution >= 4 is 24.9 Å². The molecule has 0 aliphatic rings. The smallest absolute Gasteiger partial charge is 0.248 e. The Labute approximate surface area is 93.5 Å². The van der Waals surface area contributed by atoms with Crippen LogP contribution < -0.4 is 0 Å². The van der Waals surface area contributed by atoms with Crippen molar-refractivity contribution in [3.8, 4) is 0 Å². The minimum atomic E-state index is -1.33. The zero-order chi connectivity index (χ0) is 11.4. The van der Waals surface area contributed by atoms with Gasteiger partial charge < -0.3 is 0 Å². The Balaban J connectivity index is 4.90. The lowest BCUT2D eigenvalue weighted by Gasteiger charge is -2.29. The van der Waals surface area contributed by atoms with Gasteiger partial charge in [0, 0.05) is 5.57 Å². The molecule has 0 aromatic heterocycles. The van der Waals surface area contributed by atoms with E-state index >= 15 is 0 Å². The molecule has 0 fully saturated rings. The van der Waals surface area contributed by atoms with Crippen LogP contribution >= 0.6 is 11.6 Å². The van der Waals surface area contributed by atoms with Gasteiger partial charge in [-0.1, -0.05) is 39.1 Å². The number of halogens is 1. The van der Waals surface area contributed by atoms with Crippen LogP contribution in [0.25, 0.3) is 0 Å². The first-order valence-corrected chi connectivity index (χ1v) is 9.16. The van der Waals surface area contributed by atoms with E-state index in [0.717, 1.165) is 18.4 Å². The van der Waals surface area contributed by atoms with Gasteiger partial charge >= 0.3 is 0 Å². The molecule has 0 aliphatic carbocycles. The summed E-state index contributed by atoms with van der Waals surface area (Å²) >= 11 is 5.60. The summed E-state index contributed by atoms with van der Waals surface area (Å²) in [5.74, 6) is 0. The number of hydrogen-bond acceptors (Lipinski definition) is 1. The van der Waals surface area contributed by atoms with Crippen molar-refractivity contribution in [2.24, 2.45) is 0 Å². The van der Waals surface area contributed by atoms with E-state index in [-0.39, 0.29) is 5.24 Å². The molecule has 1 unspecified atom stereocenters. The zero-order valence-electron chi connectivity index (χ0n) is 9.86. The summed E-state index contributed by atoms with van der Waals surface area (Å²) in [5.41, 5.74) is 1.23. The van der Waals surface area contributed by atoms with E-state index in [2.05, 4.69) is 26.6 Å². The Morgan fingerprint density at radius 3 is 2.14 bits per heavy atom. The third kappa shape index (κ3) is 3.97. The van der Waals surface area contributed by atoms with E-state index in [1.165, 1.54) is 0 Å². The standard InChI is InChI=1S/C11H21ClOSi/c1-6-8-10(14(3,4)5)9(7-2)11(12)13/h7,10H,6,8H2,1-5H3/b9-7+. The van der Waals surface area contributed by atoms with Gasteiger partial charge in [-0.05, 0) is 30.5 Å². The van der Waals surface area contributed by atoms with Gasteiger partial charge in [-0.2, -0.15) is 0 Å². The molecule has 1 nitrogen and oxygen atoms in total. The predicted molar refractivity (Wildman–Crippen MR) is 66.6 cm³/mol. The molecule has 0 bridgehead atoms. The molecule has 0 aliphatic heterocycles. The van der Waals surface area contributed by atoms with Gasteiger partial charge in [-0.25, -0.2) is 0 Å². The van der Waals surface area contributed by atoms with Crippen molar-refractivity contribution in [3.63, 3.8) is 0 Å². The van der Waals surface area contributed by atoms with E-state index in [1.54, 1.807) is 0 Å².